The fourth-order valence-electron chi connectivity index (χ4n) is 5.00. The lowest BCUT2D eigenvalue weighted by molar-refractivity contribution is -0.137. The Morgan fingerprint density at radius 3 is 2.00 bits per heavy atom. The number of fused-ring (bicyclic) bond motifs is 1. The van der Waals surface area contributed by atoms with Crippen molar-refractivity contribution < 1.29 is 18.7 Å². The lowest BCUT2D eigenvalue weighted by Gasteiger charge is -2.12. The van der Waals surface area contributed by atoms with E-state index in [9.17, 15) is 9.59 Å². The maximum absolute atomic E-state index is 12.8. The van der Waals surface area contributed by atoms with E-state index in [4.69, 9.17) is 13.9 Å². The zero-order valence-electron chi connectivity index (χ0n) is 23.3. The molecule has 3 aromatic rings. The van der Waals surface area contributed by atoms with Crippen LogP contribution in [0.25, 0.3) is 22.1 Å². The second-order valence-corrected chi connectivity index (χ2v) is 10.2. The summed E-state index contributed by atoms with van der Waals surface area (Å²) in [7, 11) is 0. The van der Waals surface area contributed by atoms with Crippen molar-refractivity contribution in [3.8, 4) is 16.9 Å². The average Bonchev–Trinajstić information content (AvgIpc) is 2.88. The molecular weight excluding hydrogens is 476 g/mol. The fraction of sp³-hybridized carbons (Fsp3) is 0.455. The van der Waals surface area contributed by atoms with Crippen LogP contribution in [0.4, 0.5) is 0 Å². The Morgan fingerprint density at radius 1 is 0.816 bits per heavy atom. The van der Waals surface area contributed by atoms with Gasteiger partial charge in [0.2, 0.25) is 0 Å². The van der Waals surface area contributed by atoms with Crippen LogP contribution in [0.1, 0.15) is 80.9 Å². The van der Waals surface area contributed by atoms with Gasteiger partial charge in [0.25, 0.3) is 0 Å². The summed E-state index contributed by atoms with van der Waals surface area (Å²) in [5.41, 5.74) is 5.13. The number of esters is 1. The van der Waals surface area contributed by atoms with Gasteiger partial charge < -0.3 is 13.9 Å². The molecule has 0 amide bonds. The first kappa shape index (κ1) is 29.2. The Balaban J connectivity index is 1.34. The minimum Gasteiger partial charge on any atom is -0.493 e. The standard InChI is InChI=1S/C33H42O5/c1-5-31(34)37-19-15-13-11-9-7-6-8-10-12-14-18-36-28-17-16-27-22-29(33(35)38-30(27)23-28)32-25(3)20-24(2)21-26(32)4/h5,16-17,20-23H,1,6-15,18-19H2,2-4H3. The number of carbonyl (C=O) groups is 1. The molecule has 0 unspecified atom stereocenters. The highest BCUT2D eigenvalue weighted by atomic mass is 16.5. The van der Waals surface area contributed by atoms with E-state index in [0.717, 1.165) is 53.5 Å². The summed E-state index contributed by atoms with van der Waals surface area (Å²) in [6, 6.07) is 11.9. The summed E-state index contributed by atoms with van der Waals surface area (Å²) >= 11 is 0. The van der Waals surface area contributed by atoms with Gasteiger partial charge in [0.1, 0.15) is 11.3 Å². The third kappa shape index (κ3) is 8.90. The molecule has 0 aliphatic heterocycles. The summed E-state index contributed by atoms with van der Waals surface area (Å²) in [6.07, 6.45) is 12.8. The van der Waals surface area contributed by atoms with Gasteiger partial charge in [-0.15, -0.1) is 0 Å². The normalized spacial score (nSPS) is 11.0. The number of carbonyl (C=O) groups excluding carboxylic acids is 1. The lowest BCUT2D eigenvalue weighted by Crippen LogP contribution is -2.05. The maximum Gasteiger partial charge on any atom is 0.344 e. The molecule has 38 heavy (non-hydrogen) atoms. The van der Waals surface area contributed by atoms with Crippen molar-refractivity contribution in [3.05, 3.63) is 76.2 Å². The molecule has 0 atom stereocenters. The lowest BCUT2D eigenvalue weighted by atomic mass is 9.94. The van der Waals surface area contributed by atoms with Crippen LogP contribution < -0.4 is 10.4 Å². The highest BCUT2D eigenvalue weighted by Crippen LogP contribution is 2.29. The number of hydrogen-bond acceptors (Lipinski definition) is 5. The summed E-state index contributed by atoms with van der Waals surface area (Å²) in [4.78, 5) is 23.8. The van der Waals surface area contributed by atoms with E-state index in [-0.39, 0.29) is 11.6 Å². The van der Waals surface area contributed by atoms with Gasteiger partial charge in [-0.2, -0.15) is 0 Å². The molecule has 0 aliphatic rings. The van der Waals surface area contributed by atoms with E-state index in [2.05, 4.69) is 25.6 Å². The first-order valence-corrected chi connectivity index (χ1v) is 14.0. The molecule has 2 aromatic carbocycles. The predicted octanol–water partition coefficient (Wildman–Crippen LogP) is 8.39. The zero-order chi connectivity index (χ0) is 27.3. The topological polar surface area (TPSA) is 65.7 Å². The van der Waals surface area contributed by atoms with Gasteiger partial charge in [-0.1, -0.05) is 75.6 Å². The number of aryl methyl sites for hydroxylation is 3. The number of unbranched alkanes of at least 4 members (excludes halogenated alkanes) is 9. The molecule has 5 heteroatoms. The van der Waals surface area contributed by atoms with Crippen LogP contribution in [-0.2, 0) is 9.53 Å². The van der Waals surface area contributed by atoms with E-state index in [1.165, 1.54) is 50.2 Å². The first-order valence-electron chi connectivity index (χ1n) is 14.0. The molecule has 1 heterocycles. The molecule has 0 aliphatic carbocycles. The van der Waals surface area contributed by atoms with Gasteiger partial charge >= 0.3 is 11.6 Å². The summed E-state index contributed by atoms with van der Waals surface area (Å²) < 4.78 is 16.6. The third-order valence-corrected chi connectivity index (χ3v) is 6.87. The second-order valence-electron chi connectivity index (χ2n) is 10.2. The fourth-order valence-corrected chi connectivity index (χ4v) is 5.00. The Bertz CT molecular complexity index is 1250. The minimum atomic E-state index is -0.334. The van der Waals surface area contributed by atoms with Gasteiger partial charge in [0.15, 0.2) is 0 Å². The molecule has 0 saturated carbocycles. The van der Waals surface area contributed by atoms with Crippen LogP contribution in [0.3, 0.4) is 0 Å². The Hall–Kier alpha value is -3.34. The quantitative estimate of drug-likeness (QED) is 0.0824. The van der Waals surface area contributed by atoms with E-state index >= 15 is 0 Å². The highest BCUT2D eigenvalue weighted by Gasteiger charge is 2.13. The summed E-state index contributed by atoms with van der Waals surface area (Å²) in [5.74, 6) is 0.397. The Kier molecular flexibility index (Phi) is 11.7. The zero-order valence-corrected chi connectivity index (χ0v) is 23.3. The summed E-state index contributed by atoms with van der Waals surface area (Å²) in [6.45, 7) is 10.7. The van der Waals surface area contributed by atoms with Crippen molar-refractivity contribution in [2.75, 3.05) is 13.2 Å². The van der Waals surface area contributed by atoms with Crippen molar-refractivity contribution in [1.29, 1.82) is 0 Å². The smallest absolute Gasteiger partial charge is 0.344 e. The molecule has 0 N–H and O–H groups in total. The number of ether oxygens (including phenoxy) is 2. The molecule has 0 bridgehead atoms. The van der Waals surface area contributed by atoms with Gasteiger partial charge in [-0.25, -0.2) is 9.59 Å². The molecular formula is C33H42O5. The van der Waals surface area contributed by atoms with Crippen molar-refractivity contribution in [3.63, 3.8) is 0 Å². The van der Waals surface area contributed by atoms with Crippen molar-refractivity contribution >= 4 is 16.9 Å². The maximum atomic E-state index is 12.8. The molecule has 3 rings (SSSR count). The average molecular weight is 519 g/mol. The molecule has 204 valence electrons. The van der Waals surface area contributed by atoms with Crippen LogP contribution in [0.2, 0.25) is 0 Å². The Labute approximate surface area is 226 Å². The highest BCUT2D eigenvalue weighted by molar-refractivity contribution is 5.84. The van der Waals surface area contributed by atoms with Gasteiger partial charge in [-0.3, -0.25) is 0 Å². The minimum absolute atomic E-state index is 0.321. The van der Waals surface area contributed by atoms with Crippen LogP contribution in [0.15, 0.2) is 58.3 Å². The molecule has 0 fully saturated rings. The van der Waals surface area contributed by atoms with Gasteiger partial charge in [0, 0.05) is 17.5 Å². The Morgan fingerprint density at radius 2 is 1.39 bits per heavy atom. The van der Waals surface area contributed by atoms with Gasteiger partial charge in [-0.05, 0) is 68.5 Å². The van der Waals surface area contributed by atoms with Crippen molar-refractivity contribution in [2.45, 2.75) is 85.0 Å². The van der Waals surface area contributed by atoms with Crippen LogP contribution >= 0.6 is 0 Å². The molecule has 0 saturated heterocycles. The van der Waals surface area contributed by atoms with E-state index in [1.54, 1.807) is 0 Å². The van der Waals surface area contributed by atoms with Crippen molar-refractivity contribution in [2.24, 2.45) is 0 Å². The summed E-state index contributed by atoms with van der Waals surface area (Å²) in [5, 5.41) is 0.891. The SMILES string of the molecule is C=CC(=O)OCCCCCCCCCCCCOc1ccc2cc(-c3c(C)cc(C)cc3C)c(=O)oc2c1. The van der Waals surface area contributed by atoms with Gasteiger partial charge in [0.05, 0.1) is 18.8 Å². The largest absolute Gasteiger partial charge is 0.493 e. The molecule has 1 aromatic heterocycles. The second kappa shape index (κ2) is 15.2. The third-order valence-electron chi connectivity index (χ3n) is 6.87. The number of hydrogen-bond donors (Lipinski definition) is 0. The van der Waals surface area contributed by atoms with E-state index < -0.39 is 0 Å². The van der Waals surface area contributed by atoms with Crippen LogP contribution in [-0.4, -0.2) is 19.2 Å². The van der Waals surface area contributed by atoms with Crippen LogP contribution in [0, 0.1) is 20.8 Å². The first-order chi connectivity index (χ1) is 18.4. The van der Waals surface area contributed by atoms with E-state index in [1.807, 2.05) is 38.1 Å². The predicted molar refractivity (Wildman–Crippen MR) is 155 cm³/mol. The van der Waals surface area contributed by atoms with Crippen molar-refractivity contribution in [1.82, 2.24) is 0 Å². The van der Waals surface area contributed by atoms with Crippen LogP contribution in [0.5, 0.6) is 5.75 Å². The molecule has 5 nitrogen and oxygen atoms in total. The monoisotopic (exact) mass is 518 g/mol. The molecule has 0 radical (unpaired) electrons. The number of rotatable bonds is 16. The van der Waals surface area contributed by atoms with E-state index in [0.29, 0.717) is 24.4 Å². The molecule has 0 spiro atoms. The number of benzene rings is 2.